The molecule has 0 aliphatic heterocycles. The highest BCUT2D eigenvalue weighted by atomic mass is 16.6. The molecule has 0 aliphatic carbocycles. The van der Waals surface area contributed by atoms with E-state index < -0.39 is 6.16 Å². The van der Waals surface area contributed by atoms with Crippen LogP contribution in [0.25, 0.3) is 0 Å². The Morgan fingerprint density at radius 2 is 0.500 bits per heavy atom. The maximum Gasteiger partial charge on any atom is 0.0780 e. The molecule has 0 atom stereocenters. The summed E-state index contributed by atoms with van der Waals surface area (Å²) in [4.78, 5) is 8.33. The van der Waals surface area contributed by atoms with Crippen molar-refractivity contribution in [1.82, 2.24) is 0 Å². The van der Waals surface area contributed by atoms with Gasteiger partial charge in [0, 0.05) is 0 Å². The fraction of sp³-hybridized carbons (Fsp3) is 0.973. The van der Waals surface area contributed by atoms with Crippen LogP contribution < -0.4 is 10.2 Å². The fourth-order valence-corrected chi connectivity index (χ4v) is 5.21. The molecular formula is C37H80N2O3. The minimum atomic E-state index is -2.33. The van der Waals surface area contributed by atoms with Crippen molar-refractivity contribution in [3.8, 4) is 0 Å². The molecule has 0 N–H and O–H groups in total. The number of rotatable bonds is 28. The van der Waals surface area contributed by atoms with Crippen LogP contribution in [0, 0.1) is 0 Å². The Balaban J connectivity index is -0.000000641. The lowest BCUT2D eigenvalue weighted by Gasteiger charge is -2.23. The van der Waals surface area contributed by atoms with Crippen LogP contribution in [0.3, 0.4) is 0 Å². The van der Waals surface area contributed by atoms with E-state index >= 15 is 0 Å². The SMILES string of the molecule is CCCCCCCCCCCCCCC[N+](C)(C)C.CCCCCCCCCCCCCCC[N+](C)(C)C.O=C([O-])[O-]. The zero-order valence-electron chi connectivity index (χ0n) is 30.4. The first-order valence-corrected chi connectivity index (χ1v) is 18.3. The van der Waals surface area contributed by atoms with Crippen molar-refractivity contribution in [3.05, 3.63) is 0 Å². The highest BCUT2D eigenvalue weighted by Gasteiger charge is 2.06. The van der Waals surface area contributed by atoms with Crippen molar-refractivity contribution >= 4 is 6.16 Å². The first kappa shape index (κ1) is 45.6. The van der Waals surface area contributed by atoms with E-state index in [1.165, 1.54) is 180 Å². The molecule has 5 nitrogen and oxygen atoms in total. The van der Waals surface area contributed by atoms with Gasteiger partial charge in [0.1, 0.15) is 0 Å². The van der Waals surface area contributed by atoms with E-state index in [0.29, 0.717) is 0 Å². The third kappa shape index (κ3) is 58.8. The molecule has 5 heteroatoms. The third-order valence-corrected chi connectivity index (χ3v) is 7.86. The van der Waals surface area contributed by atoms with Crippen LogP contribution in [0.1, 0.15) is 181 Å². The molecule has 0 radical (unpaired) electrons. The second-order valence-electron chi connectivity index (χ2n) is 14.8. The van der Waals surface area contributed by atoms with Gasteiger partial charge in [0.05, 0.1) is 55.4 Å². The standard InChI is InChI=1S/2C18H40N.CH2O3/c2*1-5-6-7-8-9-10-11-12-13-14-15-16-17-18-19(2,3)4;2-1(3)4/h2*5-18H2,1-4H3;(H2,2,3,4)/q2*+1;/p-2. The summed E-state index contributed by atoms with van der Waals surface area (Å²) >= 11 is 0. The van der Waals surface area contributed by atoms with Crippen LogP contribution in [-0.4, -0.2) is 70.5 Å². The second kappa shape index (κ2) is 34.7. The summed E-state index contributed by atoms with van der Waals surface area (Å²) in [6, 6.07) is 0. The minimum absolute atomic E-state index is 1.12. The largest absolute Gasteiger partial charge is 0.652 e. The predicted octanol–water partition coefficient (Wildman–Crippen LogP) is 9.12. The van der Waals surface area contributed by atoms with Crippen LogP contribution in [0.4, 0.5) is 4.79 Å². The maximum absolute atomic E-state index is 8.33. The molecule has 0 amide bonds. The second-order valence-corrected chi connectivity index (χ2v) is 14.8. The van der Waals surface area contributed by atoms with Gasteiger partial charge in [0.2, 0.25) is 0 Å². The minimum Gasteiger partial charge on any atom is -0.652 e. The number of hydrogen-bond donors (Lipinski definition) is 0. The van der Waals surface area contributed by atoms with E-state index in [1.807, 2.05) is 0 Å². The molecule has 256 valence electrons. The summed E-state index contributed by atoms with van der Waals surface area (Å²) < 4.78 is 2.25. The van der Waals surface area contributed by atoms with Gasteiger partial charge in [-0.15, -0.1) is 0 Å². The molecular weight excluding hydrogens is 520 g/mol. The normalized spacial score (nSPS) is 11.4. The molecule has 0 aromatic heterocycles. The molecule has 0 aliphatic rings. The summed E-state index contributed by atoms with van der Waals surface area (Å²) in [7, 11) is 13.8. The lowest BCUT2D eigenvalue weighted by atomic mass is 10.0. The van der Waals surface area contributed by atoms with E-state index in [2.05, 4.69) is 56.1 Å². The first-order valence-electron chi connectivity index (χ1n) is 18.3. The summed E-state index contributed by atoms with van der Waals surface area (Å²) in [5.41, 5.74) is 0. The molecule has 0 fully saturated rings. The van der Waals surface area contributed by atoms with E-state index in [4.69, 9.17) is 15.0 Å². The van der Waals surface area contributed by atoms with E-state index in [1.54, 1.807) is 0 Å². The molecule has 0 heterocycles. The van der Waals surface area contributed by atoms with Crippen LogP contribution in [0.2, 0.25) is 0 Å². The van der Waals surface area contributed by atoms with Crippen LogP contribution in [0.5, 0.6) is 0 Å². The number of unbranched alkanes of at least 4 members (excludes halogenated alkanes) is 24. The Labute approximate surface area is 266 Å². The van der Waals surface area contributed by atoms with Gasteiger partial charge >= 0.3 is 0 Å². The Morgan fingerprint density at radius 1 is 0.357 bits per heavy atom. The Kier molecular flexibility index (Phi) is 37.7. The average Bonchev–Trinajstić information content (AvgIpc) is 2.88. The van der Waals surface area contributed by atoms with Gasteiger partial charge in [-0.25, -0.2) is 0 Å². The van der Waals surface area contributed by atoms with Gasteiger partial charge in [0.15, 0.2) is 0 Å². The lowest BCUT2D eigenvalue weighted by Crippen LogP contribution is -2.37. The number of carbonyl (C=O) groups is 1. The zero-order chi connectivity index (χ0) is 32.4. The Hall–Kier alpha value is -0.810. The van der Waals surface area contributed by atoms with E-state index in [9.17, 15) is 0 Å². The van der Waals surface area contributed by atoms with Crippen molar-refractivity contribution in [3.63, 3.8) is 0 Å². The Bertz CT molecular complexity index is 468. The summed E-state index contributed by atoms with van der Waals surface area (Å²) in [5.74, 6) is 0. The van der Waals surface area contributed by atoms with Crippen LogP contribution >= 0.6 is 0 Å². The van der Waals surface area contributed by atoms with Crippen molar-refractivity contribution in [1.29, 1.82) is 0 Å². The first-order chi connectivity index (χ1) is 19.9. The van der Waals surface area contributed by atoms with Crippen molar-refractivity contribution in [2.24, 2.45) is 0 Å². The van der Waals surface area contributed by atoms with Gasteiger partial charge in [-0.05, 0) is 31.8 Å². The highest BCUT2D eigenvalue weighted by molar-refractivity contribution is 5.47. The third-order valence-electron chi connectivity index (χ3n) is 7.86. The predicted molar refractivity (Wildman–Crippen MR) is 183 cm³/mol. The van der Waals surface area contributed by atoms with Gasteiger partial charge in [-0.3, -0.25) is 0 Å². The molecule has 0 bridgehead atoms. The Morgan fingerprint density at radius 3 is 0.643 bits per heavy atom. The number of quaternary nitrogens is 2. The van der Waals surface area contributed by atoms with Gasteiger partial charge in [-0.2, -0.15) is 0 Å². The van der Waals surface area contributed by atoms with Crippen molar-refractivity contribution < 1.29 is 24.0 Å². The summed E-state index contributed by atoms with van der Waals surface area (Å²) in [6.45, 7) is 7.25. The number of nitrogens with zero attached hydrogens (tertiary/aromatic N) is 2. The van der Waals surface area contributed by atoms with Crippen LogP contribution in [-0.2, 0) is 0 Å². The van der Waals surface area contributed by atoms with E-state index in [-0.39, 0.29) is 0 Å². The van der Waals surface area contributed by atoms with E-state index in [0.717, 1.165) is 8.97 Å². The number of carbonyl (C=O) groups excluding carboxylic acids is 1. The summed E-state index contributed by atoms with van der Waals surface area (Å²) in [5, 5.41) is 16.7. The topological polar surface area (TPSA) is 63.2 Å². The van der Waals surface area contributed by atoms with Crippen molar-refractivity contribution in [2.45, 2.75) is 181 Å². The lowest BCUT2D eigenvalue weighted by molar-refractivity contribution is -0.870. The zero-order valence-corrected chi connectivity index (χ0v) is 30.4. The van der Waals surface area contributed by atoms with Crippen molar-refractivity contribution in [2.75, 3.05) is 55.4 Å². The van der Waals surface area contributed by atoms with Gasteiger partial charge < -0.3 is 24.0 Å². The number of carboxylic acid groups (broad SMARTS) is 2. The fourth-order valence-electron chi connectivity index (χ4n) is 5.21. The monoisotopic (exact) mass is 601 g/mol. The molecule has 0 aromatic carbocycles. The van der Waals surface area contributed by atoms with Gasteiger partial charge in [-0.1, -0.05) is 155 Å². The maximum atomic E-state index is 8.33. The number of hydrogen-bond acceptors (Lipinski definition) is 3. The molecule has 0 spiro atoms. The van der Waals surface area contributed by atoms with Gasteiger partial charge in [0.25, 0.3) is 0 Å². The molecule has 0 saturated heterocycles. The quantitative estimate of drug-likeness (QED) is 0.0664. The molecule has 0 unspecified atom stereocenters. The molecule has 42 heavy (non-hydrogen) atoms. The molecule has 0 rings (SSSR count). The molecule has 0 saturated carbocycles. The smallest absolute Gasteiger partial charge is 0.0780 e. The summed E-state index contributed by atoms with van der Waals surface area (Å²) in [6.07, 6.45) is 35.4. The highest BCUT2D eigenvalue weighted by Crippen LogP contribution is 2.14. The average molecular weight is 601 g/mol. The molecule has 0 aromatic rings. The van der Waals surface area contributed by atoms with Crippen LogP contribution in [0.15, 0.2) is 0 Å².